The summed E-state index contributed by atoms with van der Waals surface area (Å²) in [6.45, 7) is 2.05. The lowest BCUT2D eigenvalue weighted by atomic mass is 10.1. The first-order chi connectivity index (χ1) is 9.11. The van der Waals surface area contributed by atoms with Gasteiger partial charge in [-0.15, -0.1) is 0 Å². The molecule has 1 unspecified atom stereocenters. The fourth-order valence-electron chi connectivity index (χ4n) is 2.55. The quantitative estimate of drug-likeness (QED) is 0.791. The average molecular weight is 261 g/mol. The van der Waals surface area contributed by atoms with Crippen molar-refractivity contribution in [1.29, 1.82) is 0 Å². The molecule has 0 amide bonds. The maximum absolute atomic E-state index is 11.5. The molecule has 3 rings (SSSR count). The number of hydrogen-bond donors (Lipinski definition) is 2. The number of aliphatic hydroxyl groups excluding tert-OH is 1. The van der Waals surface area contributed by atoms with Gasteiger partial charge in [-0.2, -0.15) is 0 Å². The van der Waals surface area contributed by atoms with Crippen LogP contribution in [0, 0.1) is 0 Å². The number of rotatable bonds is 2. The maximum atomic E-state index is 11.5. The topological polar surface area (TPSA) is 73.9 Å². The summed E-state index contributed by atoms with van der Waals surface area (Å²) in [6, 6.07) is 6.24. The summed E-state index contributed by atoms with van der Waals surface area (Å²) >= 11 is 0. The molecule has 1 aromatic heterocycles. The van der Waals surface area contributed by atoms with E-state index < -0.39 is 5.63 Å². The van der Waals surface area contributed by atoms with Crippen molar-refractivity contribution < 1.29 is 14.6 Å². The highest BCUT2D eigenvalue weighted by atomic mass is 16.4. The van der Waals surface area contributed by atoms with E-state index in [9.17, 15) is 15.0 Å². The third-order valence-corrected chi connectivity index (χ3v) is 3.46. The molecule has 1 saturated heterocycles. The van der Waals surface area contributed by atoms with Crippen molar-refractivity contribution in [2.75, 3.05) is 13.1 Å². The smallest absolute Gasteiger partial charge is 0.336 e. The number of benzene rings is 1. The zero-order valence-corrected chi connectivity index (χ0v) is 10.4. The standard InChI is InChI=1S/C14H15NO4/c16-10-1-2-12-9(5-14(18)19-13(12)6-10)7-15-4-3-11(17)8-15/h1-2,5-6,11,16-17H,3-4,7-8H2. The number of nitrogens with zero attached hydrogens (tertiary/aromatic N) is 1. The average Bonchev–Trinajstić information content (AvgIpc) is 2.74. The Morgan fingerprint density at radius 2 is 2.21 bits per heavy atom. The van der Waals surface area contributed by atoms with Crippen LogP contribution in [0.4, 0.5) is 0 Å². The summed E-state index contributed by atoms with van der Waals surface area (Å²) in [6.07, 6.45) is 0.482. The molecule has 1 atom stereocenters. The van der Waals surface area contributed by atoms with Crippen LogP contribution in [0.1, 0.15) is 12.0 Å². The largest absolute Gasteiger partial charge is 0.508 e. The van der Waals surface area contributed by atoms with E-state index in [0.717, 1.165) is 23.9 Å². The molecule has 1 aliphatic rings. The molecule has 0 aliphatic carbocycles. The van der Waals surface area contributed by atoms with Crippen molar-refractivity contribution in [3.05, 3.63) is 40.2 Å². The Kier molecular flexibility index (Phi) is 3.00. The zero-order valence-electron chi connectivity index (χ0n) is 10.4. The number of aromatic hydroxyl groups is 1. The van der Waals surface area contributed by atoms with E-state index in [1.807, 2.05) is 0 Å². The fourth-order valence-corrected chi connectivity index (χ4v) is 2.55. The second-order valence-corrected chi connectivity index (χ2v) is 4.95. The number of phenols is 1. The first-order valence-corrected chi connectivity index (χ1v) is 6.28. The molecule has 0 saturated carbocycles. The van der Waals surface area contributed by atoms with Gasteiger partial charge >= 0.3 is 5.63 Å². The van der Waals surface area contributed by atoms with Gasteiger partial charge in [0.25, 0.3) is 0 Å². The van der Waals surface area contributed by atoms with Crippen molar-refractivity contribution in [3.8, 4) is 5.75 Å². The maximum Gasteiger partial charge on any atom is 0.336 e. The number of fused-ring (bicyclic) bond motifs is 1. The van der Waals surface area contributed by atoms with Crippen LogP contribution in [0.5, 0.6) is 5.75 Å². The number of hydrogen-bond acceptors (Lipinski definition) is 5. The normalized spacial score (nSPS) is 20.2. The van der Waals surface area contributed by atoms with Crippen LogP contribution in [0.3, 0.4) is 0 Å². The Morgan fingerprint density at radius 1 is 1.37 bits per heavy atom. The number of β-amino-alcohol motifs (C(OH)–C–C–N with tert-alkyl or cyclic N) is 1. The van der Waals surface area contributed by atoms with E-state index in [2.05, 4.69) is 4.90 Å². The van der Waals surface area contributed by atoms with E-state index in [1.165, 1.54) is 12.1 Å². The van der Waals surface area contributed by atoms with E-state index in [4.69, 9.17) is 4.42 Å². The van der Waals surface area contributed by atoms with Crippen LogP contribution >= 0.6 is 0 Å². The van der Waals surface area contributed by atoms with Crippen LogP contribution in [0.25, 0.3) is 11.0 Å². The minimum absolute atomic E-state index is 0.0735. The van der Waals surface area contributed by atoms with Gasteiger partial charge in [-0.3, -0.25) is 4.90 Å². The Balaban J connectivity index is 2.00. The summed E-state index contributed by atoms with van der Waals surface area (Å²) in [5, 5.41) is 19.8. The molecule has 0 spiro atoms. The highest BCUT2D eigenvalue weighted by Crippen LogP contribution is 2.23. The Bertz CT molecular complexity index is 664. The molecule has 5 nitrogen and oxygen atoms in total. The van der Waals surface area contributed by atoms with Crippen molar-refractivity contribution in [2.24, 2.45) is 0 Å². The molecule has 2 heterocycles. The van der Waals surface area contributed by atoms with Gasteiger partial charge < -0.3 is 14.6 Å². The van der Waals surface area contributed by atoms with Gasteiger partial charge in [0.15, 0.2) is 0 Å². The molecule has 1 aliphatic heterocycles. The lowest BCUT2D eigenvalue weighted by molar-refractivity contribution is 0.175. The summed E-state index contributed by atoms with van der Waals surface area (Å²) in [4.78, 5) is 13.6. The monoisotopic (exact) mass is 261 g/mol. The van der Waals surface area contributed by atoms with Gasteiger partial charge in [0.2, 0.25) is 0 Å². The summed E-state index contributed by atoms with van der Waals surface area (Å²) < 4.78 is 5.09. The van der Waals surface area contributed by atoms with Gasteiger partial charge in [-0.05, 0) is 24.1 Å². The zero-order chi connectivity index (χ0) is 13.4. The van der Waals surface area contributed by atoms with E-state index in [1.54, 1.807) is 12.1 Å². The van der Waals surface area contributed by atoms with Crippen LogP contribution in [0.15, 0.2) is 33.5 Å². The SMILES string of the molecule is O=c1cc(CN2CCC(O)C2)c2ccc(O)cc2o1. The summed E-state index contributed by atoms with van der Waals surface area (Å²) in [7, 11) is 0. The van der Waals surface area contributed by atoms with Gasteiger partial charge in [0.05, 0.1) is 6.10 Å². The minimum atomic E-state index is -0.423. The molecule has 2 N–H and O–H groups in total. The van der Waals surface area contributed by atoms with E-state index >= 15 is 0 Å². The number of phenolic OH excluding ortho intramolecular Hbond substituents is 1. The molecule has 0 bridgehead atoms. The highest BCUT2D eigenvalue weighted by molar-refractivity contribution is 5.81. The molecule has 1 aromatic carbocycles. The lowest BCUT2D eigenvalue weighted by Crippen LogP contribution is -2.22. The van der Waals surface area contributed by atoms with Gasteiger partial charge in [0.1, 0.15) is 11.3 Å². The fraction of sp³-hybridized carbons (Fsp3) is 0.357. The minimum Gasteiger partial charge on any atom is -0.508 e. The lowest BCUT2D eigenvalue weighted by Gasteiger charge is -2.15. The van der Waals surface area contributed by atoms with Gasteiger partial charge in [-0.25, -0.2) is 4.79 Å². The van der Waals surface area contributed by atoms with Gasteiger partial charge in [-0.1, -0.05) is 0 Å². The predicted octanol–water partition coefficient (Wildman–Crippen LogP) is 1.07. The number of aliphatic hydroxyl groups is 1. The molecule has 0 radical (unpaired) electrons. The molecule has 19 heavy (non-hydrogen) atoms. The molecule has 5 heteroatoms. The van der Waals surface area contributed by atoms with E-state index in [0.29, 0.717) is 18.7 Å². The first kappa shape index (κ1) is 12.2. The van der Waals surface area contributed by atoms with Crippen molar-refractivity contribution in [1.82, 2.24) is 4.90 Å². The summed E-state index contributed by atoms with van der Waals surface area (Å²) in [5.74, 6) is 0.0735. The van der Waals surface area contributed by atoms with Crippen LogP contribution < -0.4 is 5.63 Å². The van der Waals surface area contributed by atoms with Crippen molar-refractivity contribution in [2.45, 2.75) is 19.1 Å². The highest BCUT2D eigenvalue weighted by Gasteiger charge is 2.21. The number of likely N-dealkylation sites (tertiary alicyclic amines) is 1. The molecule has 2 aromatic rings. The van der Waals surface area contributed by atoms with Crippen molar-refractivity contribution in [3.63, 3.8) is 0 Å². The van der Waals surface area contributed by atoms with Gasteiger partial charge in [0, 0.05) is 37.2 Å². The molecular formula is C14H15NO4. The van der Waals surface area contributed by atoms with Crippen molar-refractivity contribution >= 4 is 11.0 Å². The van der Waals surface area contributed by atoms with Crippen LogP contribution in [-0.4, -0.2) is 34.3 Å². The molecule has 1 fully saturated rings. The second kappa shape index (κ2) is 4.68. The third-order valence-electron chi connectivity index (χ3n) is 3.46. The second-order valence-electron chi connectivity index (χ2n) is 4.95. The van der Waals surface area contributed by atoms with Crippen LogP contribution in [-0.2, 0) is 6.54 Å². The Morgan fingerprint density at radius 3 is 2.95 bits per heavy atom. The summed E-state index contributed by atoms with van der Waals surface area (Å²) in [5.41, 5.74) is 0.829. The van der Waals surface area contributed by atoms with E-state index in [-0.39, 0.29) is 11.9 Å². The van der Waals surface area contributed by atoms with Crippen LogP contribution in [0.2, 0.25) is 0 Å². The first-order valence-electron chi connectivity index (χ1n) is 6.28. The molecule has 100 valence electrons. The molecular weight excluding hydrogens is 246 g/mol. The Hall–Kier alpha value is -1.85. The third kappa shape index (κ3) is 2.47. The predicted molar refractivity (Wildman–Crippen MR) is 70.0 cm³/mol. The Labute approximate surface area is 109 Å².